The number of pyridine rings is 1. The van der Waals surface area contributed by atoms with Gasteiger partial charge in [0.1, 0.15) is 23.5 Å². The minimum atomic E-state index is -0.851. The average molecular weight is 383 g/mol. The Bertz CT molecular complexity index is 742. The Labute approximate surface area is 140 Å². The van der Waals surface area contributed by atoms with E-state index in [1.807, 2.05) is 0 Å². The number of amides is 1. The van der Waals surface area contributed by atoms with Crippen LogP contribution in [0.5, 0.6) is 5.75 Å². The molecule has 0 N–H and O–H groups in total. The Balaban J connectivity index is 1.67. The summed E-state index contributed by atoms with van der Waals surface area (Å²) in [5.74, 6) is -1.37. The number of carbonyl (C=O) groups excluding carboxylic acids is 1. The second-order valence-corrected chi connectivity index (χ2v) is 6.06. The minimum absolute atomic E-state index is 0.128. The van der Waals surface area contributed by atoms with Crippen LogP contribution in [-0.4, -0.2) is 35.0 Å². The quantitative estimate of drug-likeness (QED) is 0.816. The molecule has 2 aromatic rings. The number of ether oxygens (including phenoxy) is 1. The van der Waals surface area contributed by atoms with Crippen molar-refractivity contribution >= 4 is 21.8 Å². The zero-order chi connectivity index (χ0) is 16.4. The molecule has 0 bridgehead atoms. The fourth-order valence-corrected chi connectivity index (χ4v) is 2.82. The Kier molecular flexibility index (Phi) is 4.56. The smallest absolute Gasteiger partial charge is 0.256 e. The maximum Gasteiger partial charge on any atom is 0.256 e. The van der Waals surface area contributed by atoms with Gasteiger partial charge in [0.15, 0.2) is 0 Å². The zero-order valence-electron chi connectivity index (χ0n) is 12.0. The van der Waals surface area contributed by atoms with Crippen LogP contribution >= 0.6 is 15.9 Å². The topological polar surface area (TPSA) is 42.4 Å². The van der Waals surface area contributed by atoms with E-state index >= 15 is 0 Å². The molecule has 3 rings (SSSR count). The number of hydrogen-bond acceptors (Lipinski definition) is 3. The van der Waals surface area contributed by atoms with Gasteiger partial charge in [-0.15, -0.1) is 0 Å². The Hall–Kier alpha value is -2.02. The summed E-state index contributed by atoms with van der Waals surface area (Å²) in [7, 11) is 0. The summed E-state index contributed by atoms with van der Waals surface area (Å²) in [6, 6.07) is 4.69. The molecule has 1 aromatic heterocycles. The highest BCUT2D eigenvalue weighted by Gasteiger charge is 2.30. The van der Waals surface area contributed by atoms with Crippen molar-refractivity contribution in [1.29, 1.82) is 0 Å². The summed E-state index contributed by atoms with van der Waals surface area (Å²) in [5.41, 5.74) is -0.128. The van der Waals surface area contributed by atoms with Gasteiger partial charge in [-0.3, -0.25) is 9.78 Å². The number of aromatic nitrogens is 1. The standard InChI is InChI=1S/C16H13BrF2N2O2/c17-13-8-20-5-3-15(13)23-11-4-6-21(9-11)16(22)12-2-1-10(18)7-14(12)19/h1-3,5,7-8,11H,4,6,9H2. The Morgan fingerprint density at radius 3 is 2.91 bits per heavy atom. The van der Waals surface area contributed by atoms with Crippen LogP contribution in [0, 0.1) is 11.6 Å². The third kappa shape index (κ3) is 3.50. The van der Waals surface area contributed by atoms with Gasteiger partial charge < -0.3 is 9.64 Å². The monoisotopic (exact) mass is 382 g/mol. The predicted molar refractivity (Wildman–Crippen MR) is 83.2 cm³/mol. The lowest BCUT2D eigenvalue weighted by Crippen LogP contribution is -2.31. The van der Waals surface area contributed by atoms with Crippen LogP contribution in [0.3, 0.4) is 0 Å². The van der Waals surface area contributed by atoms with Gasteiger partial charge in [-0.1, -0.05) is 0 Å². The lowest BCUT2D eigenvalue weighted by molar-refractivity contribution is 0.0767. The largest absolute Gasteiger partial charge is 0.487 e. The van der Waals surface area contributed by atoms with Crippen LogP contribution in [0.2, 0.25) is 0 Å². The summed E-state index contributed by atoms with van der Waals surface area (Å²) in [4.78, 5) is 17.8. The predicted octanol–water partition coefficient (Wildman–Crippen LogP) is 3.42. The molecule has 1 aliphatic rings. The third-order valence-corrected chi connectivity index (χ3v) is 4.22. The van der Waals surface area contributed by atoms with Crippen LogP contribution in [0.15, 0.2) is 41.1 Å². The van der Waals surface area contributed by atoms with E-state index in [0.717, 1.165) is 10.5 Å². The van der Waals surface area contributed by atoms with Crippen LogP contribution < -0.4 is 4.74 Å². The van der Waals surface area contributed by atoms with Crippen LogP contribution in [0.25, 0.3) is 0 Å². The molecule has 120 valence electrons. The molecule has 1 aromatic carbocycles. The first-order chi connectivity index (χ1) is 11.0. The number of carbonyl (C=O) groups is 1. The molecular formula is C16H13BrF2N2O2. The van der Waals surface area contributed by atoms with Crippen molar-refractivity contribution < 1.29 is 18.3 Å². The first kappa shape index (κ1) is 15.9. The van der Waals surface area contributed by atoms with E-state index in [1.165, 1.54) is 11.0 Å². The molecule has 7 heteroatoms. The van der Waals surface area contributed by atoms with E-state index in [4.69, 9.17) is 4.74 Å². The van der Waals surface area contributed by atoms with Gasteiger partial charge >= 0.3 is 0 Å². The van der Waals surface area contributed by atoms with Crippen molar-refractivity contribution in [2.24, 2.45) is 0 Å². The molecular weight excluding hydrogens is 370 g/mol. The van der Waals surface area contributed by atoms with Crippen LogP contribution in [0.4, 0.5) is 8.78 Å². The van der Waals surface area contributed by atoms with Crippen molar-refractivity contribution in [1.82, 2.24) is 9.88 Å². The van der Waals surface area contributed by atoms with Gasteiger partial charge in [-0.2, -0.15) is 0 Å². The number of halogens is 3. The van der Waals surface area contributed by atoms with Crippen molar-refractivity contribution in [3.8, 4) is 5.75 Å². The van der Waals surface area contributed by atoms with Gasteiger partial charge in [0.25, 0.3) is 5.91 Å². The van der Waals surface area contributed by atoms with E-state index in [9.17, 15) is 13.6 Å². The molecule has 2 heterocycles. The second-order valence-electron chi connectivity index (χ2n) is 5.21. The number of likely N-dealkylation sites (tertiary alicyclic amines) is 1. The zero-order valence-corrected chi connectivity index (χ0v) is 13.6. The van der Waals surface area contributed by atoms with E-state index in [0.29, 0.717) is 31.3 Å². The maximum absolute atomic E-state index is 13.7. The summed E-state index contributed by atoms with van der Waals surface area (Å²) < 4.78 is 33.2. The molecule has 1 saturated heterocycles. The van der Waals surface area contributed by atoms with Crippen molar-refractivity contribution in [3.63, 3.8) is 0 Å². The first-order valence-electron chi connectivity index (χ1n) is 7.05. The Morgan fingerprint density at radius 1 is 1.35 bits per heavy atom. The molecule has 4 nitrogen and oxygen atoms in total. The number of benzene rings is 1. The van der Waals surface area contributed by atoms with Gasteiger partial charge in [0.05, 0.1) is 16.6 Å². The highest BCUT2D eigenvalue weighted by molar-refractivity contribution is 9.10. The molecule has 1 atom stereocenters. The number of rotatable bonds is 3. The van der Waals surface area contributed by atoms with Crippen molar-refractivity contribution in [2.45, 2.75) is 12.5 Å². The number of nitrogens with zero attached hydrogens (tertiary/aromatic N) is 2. The first-order valence-corrected chi connectivity index (χ1v) is 7.84. The van der Waals surface area contributed by atoms with Crippen LogP contribution in [-0.2, 0) is 0 Å². The lowest BCUT2D eigenvalue weighted by Gasteiger charge is -2.18. The van der Waals surface area contributed by atoms with Gasteiger partial charge in [-0.05, 0) is 34.1 Å². The molecule has 0 spiro atoms. The van der Waals surface area contributed by atoms with Gasteiger partial charge in [-0.25, -0.2) is 8.78 Å². The minimum Gasteiger partial charge on any atom is -0.487 e. The van der Waals surface area contributed by atoms with E-state index < -0.39 is 17.5 Å². The van der Waals surface area contributed by atoms with Crippen molar-refractivity contribution in [3.05, 3.63) is 58.3 Å². The second kappa shape index (κ2) is 6.62. The third-order valence-electron chi connectivity index (χ3n) is 3.62. The van der Waals surface area contributed by atoms with E-state index in [-0.39, 0.29) is 11.7 Å². The molecule has 0 saturated carbocycles. The van der Waals surface area contributed by atoms with E-state index in [1.54, 1.807) is 18.5 Å². The normalized spacial score (nSPS) is 17.3. The van der Waals surface area contributed by atoms with Gasteiger partial charge in [0, 0.05) is 31.4 Å². The highest BCUT2D eigenvalue weighted by atomic mass is 79.9. The maximum atomic E-state index is 13.7. The van der Waals surface area contributed by atoms with Crippen LogP contribution in [0.1, 0.15) is 16.8 Å². The molecule has 1 fully saturated rings. The molecule has 1 unspecified atom stereocenters. The number of hydrogen-bond donors (Lipinski definition) is 0. The molecule has 1 amide bonds. The molecule has 0 aliphatic carbocycles. The molecule has 0 radical (unpaired) electrons. The summed E-state index contributed by atoms with van der Waals surface area (Å²) in [6.07, 6.45) is 3.71. The molecule has 1 aliphatic heterocycles. The van der Waals surface area contributed by atoms with Gasteiger partial charge in [0.2, 0.25) is 0 Å². The summed E-state index contributed by atoms with van der Waals surface area (Å²) in [5, 5.41) is 0. The molecule has 23 heavy (non-hydrogen) atoms. The SMILES string of the molecule is O=C(c1ccc(F)cc1F)N1CCC(Oc2ccncc2Br)C1. The fraction of sp³-hybridized carbons (Fsp3) is 0.250. The Morgan fingerprint density at radius 2 is 2.17 bits per heavy atom. The summed E-state index contributed by atoms with van der Waals surface area (Å²) in [6.45, 7) is 0.813. The average Bonchev–Trinajstić information content (AvgIpc) is 2.98. The fourth-order valence-electron chi connectivity index (χ4n) is 2.48. The lowest BCUT2D eigenvalue weighted by atomic mass is 10.2. The highest BCUT2D eigenvalue weighted by Crippen LogP contribution is 2.26. The van der Waals surface area contributed by atoms with E-state index in [2.05, 4.69) is 20.9 Å². The summed E-state index contributed by atoms with van der Waals surface area (Å²) >= 11 is 3.35. The van der Waals surface area contributed by atoms with Crippen molar-refractivity contribution in [2.75, 3.05) is 13.1 Å².